The van der Waals surface area contributed by atoms with Crippen molar-refractivity contribution < 1.29 is 9.53 Å². The molecule has 2 aromatic carbocycles. The number of carbonyl (C=O) groups excluding carboxylic acids is 1. The summed E-state index contributed by atoms with van der Waals surface area (Å²) in [5, 5.41) is 3.87. The minimum absolute atomic E-state index is 0.120. The fraction of sp³-hybridized carbons (Fsp3) is 0.143. The molecule has 0 saturated carbocycles. The highest BCUT2D eigenvalue weighted by Crippen LogP contribution is 2.19. The van der Waals surface area contributed by atoms with Crippen molar-refractivity contribution in [1.29, 1.82) is 0 Å². The van der Waals surface area contributed by atoms with Crippen LogP contribution >= 0.6 is 11.8 Å². The van der Waals surface area contributed by atoms with Gasteiger partial charge in [-0.1, -0.05) is 30.0 Å². The highest BCUT2D eigenvalue weighted by atomic mass is 32.2. The number of pyridine rings is 1. The number of amides is 1. The van der Waals surface area contributed by atoms with Crippen LogP contribution in [0.1, 0.15) is 10.4 Å². The summed E-state index contributed by atoms with van der Waals surface area (Å²) in [7, 11) is 0. The Balaban J connectivity index is 1.48. The van der Waals surface area contributed by atoms with Crippen LogP contribution in [0.25, 0.3) is 10.9 Å². The van der Waals surface area contributed by atoms with E-state index in [1.54, 1.807) is 18.0 Å². The van der Waals surface area contributed by atoms with Crippen LogP contribution in [0.15, 0.2) is 65.7 Å². The molecule has 0 spiro atoms. The summed E-state index contributed by atoms with van der Waals surface area (Å²) in [6, 6.07) is 17.2. The zero-order valence-corrected chi connectivity index (χ0v) is 15.2. The van der Waals surface area contributed by atoms with Gasteiger partial charge in [0.1, 0.15) is 12.4 Å². The Morgan fingerprint density at radius 3 is 2.92 bits per heavy atom. The van der Waals surface area contributed by atoms with Crippen molar-refractivity contribution in [3.8, 4) is 17.6 Å². The lowest BCUT2D eigenvalue weighted by Crippen LogP contribution is -2.24. The van der Waals surface area contributed by atoms with Crippen molar-refractivity contribution in [3.05, 3.63) is 66.4 Å². The number of carbonyl (C=O) groups is 1. The molecule has 3 rings (SSSR count). The largest absolute Gasteiger partial charge is 0.481 e. The lowest BCUT2D eigenvalue weighted by molar-refractivity contribution is 0.0956. The second-order valence-corrected chi connectivity index (χ2v) is 6.23. The minimum atomic E-state index is -0.120. The summed E-state index contributed by atoms with van der Waals surface area (Å²) < 4.78 is 5.61. The van der Waals surface area contributed by atoms with Gasteiger partial charge in [0, 0.05) is 22.5 Å². The molecule has 1 N–H and O–H groups in total. The van der Waals surface area contributed by atoms with Crippen molar-refractivity contribution in [2.45, 2.75) is 4.90 Å². The molecule has 26 heavy (non-hydrogen) atoms. The van der Waals surface area contributed by atoms with Crippen LogP contribution in [0.2, 0.25) is 0 Å². The van der Waals surface area contributed by atoms with Gasteiger partial charge in [-0.05, 0) is 36.6 Å². The van der Waals surface area contributed by atoms with Crippen LogP contribution in [-0.4, -0.2) is 30.3 Å². The Labute approximate surface area is 157 Å². The molecule has 1 aromatic heterocycles. The van der Waals surface area contributed by atoms with Crippen LogP contribution in [-0.2, 0) is 0 Å². The number of aromatic nitrogens is 1. The van der Waals surface area contributed by atoms with E-state index in [4.69, 9.17) is 4.74 Å². The number of nitrogens with one attached hydrogen (secondary N) is 1. The number of nitrogens with zero attached hydrogens (tertiary/aromatic N) is 1. The predicted molar refractivity (Wildman–Crippen MR) is 106 cm³/mol. The van der Waals surface area contributed by atoms with Gasteiger partial charge in [-0.25, -0.2) is 0 Å². The topological polar surface area (TPSA) is 51.2 Å². The minimum Gasteiger partial charge on any atom is -0.481 e. The summed E-state index contributed by atoms with van der Waals surface area (Å²) in [6.45, 7) is 0.541. The number of hydrogen-bond acceptors (Lipinski definition) is 4. The first kappa shape index (κ1) is 17.8. The maximum absolute atomic E-state index is 12.2. The van der Waals surface area contributed by atoms with Crippen LogP contribution in [0.4, 0.5) is 0 Å². The molecule has 5 heteroatoms. The fourth-order valence-corrected chi connectivity index (χ4v) is 3.02. The van der Waals surface area contributed by atoms with Crippen molar-refractivity contribution in [1.82, 2.24) is 10.3 Å². The van der Waals surface area contributed by atoms with E-state index in [-0.39, 0.29) is 19.1 Å². The fourth-order valence-electron chi connectivity index (χ4n) is 2.42. The molecule has 0 fully saturated rings. The van der Waals surface area contributed by atoms with Crippen LogP contribution in [0.3, 0.4) is 0 Å². The van der Waals surface area contributed by atoms with E-state index in [0.717, 1.165) is 21.5 Å². The Hall–Kier alpha value is -2.97. The third kappa shape index (κ3) is 4.56. The molecule has 0 bridgehead atoms. The average molecular weight is 362 g/mol. The number of hydrogen-bond donors (Lipinski definition) is 1. The standard InChI is InChI=1S/C21H18N2O2S/c1-26-20-9-3-2-8-18(20)21(24)23-12-4-5-14-25-17-11-10-16-7-6-13-22-19(16)15-17/h2-3,6-11,13,15H,12,14H2,1H3,(H,23,24). The number of thioether (sulfide) groups is 1. The van der Waals surface area contributed by atoms with Gasteiger partial charge in [-0.2, -0.15) is 0 Å². The molecule has 0 atom stereocenters. The molecule has 3 aromatic rings. The lowest BCUT2D eigenvalue weighted by atomic mass is 10.2. The molecular formula is C21H18N2O2S. The Bertz CT molecular complexity index is 976. The van der Waals surface area contributed by atoms with Gasteiger partial charge in [-0.3, -0.25) is 9.78 Å². The lowest BCUT2D eigenvalue weighted by Gasteiger charge is -2.06. The van der Waals surface area contributed by atoms with E-state index in [1.165, 1.54) is 0 Å². The zero-order chi connectivity index (χ0) is 18.2. The van der Waals surface area contributed by atoms with Crippen molar-refractivity contribution in [2.24, 2.45) is 0 Å². The predicted octanol–water partition coefficient (Wildman–Crippen LogP) is 3.77. The van der Waals surface area contributed by atoms with Gasteiger partial charge in [-0.15, -0.1) is 11.8 Å². The molecule has 0 aliphatic carbocycles. The van der Waals surface area contributed by atoms with Crippen LogP contribution in [0, 0.1) is 11.8 Å². The van der Waals surface area contributed by atoms with E-state index < -0.39 is 0 Å². The molecule has 4 nitrogen and oxygen atoms in total. The molecule has 0 saturated heterocycles. The van der Waals surface area contributed by atoms with E-state index in [9.17, 15) is 4.79 Å². The number of fused-ring (bicyclic) bond motifs is 1. The first-order chi connectivity index (χ1) is 12.8. The molecule has 1 heterocycles. The summed E-state index contributed by atoms with van der Waals surface area (Å²) in [6.07, 6.45) is 3.70. The molecule has 130 valence electrons. The van der Waals surface area contributed by atoms with Crippen molar-refractivity contribution in [2.75, 3.05) is 19.4 Å². The van der Waals surface area contributed by atoms with Gasteiger partial charge in [0.25, 0.3) is 5.91 Å². The highest BCUT2D eigenvalue weighted by Gasteiger charge is 2.08. The van der Waals surface area contributed by atoms with E-state index in [0.29, 0.717) is 5.56 Å². The summed E-state index contributed by atoms with van der Waals surface area (Å²) in [5.74, 6) is 6.41. The first-order valence-electron chi connectivity index (χ1n) is 8.12. The van der Waals surface area contributed by atoms with Crippen LogP contribution in [0.5, 0.6) is 5.75 Å². The number of benzene rings is 2. The quantitative estimate of drug-likeness (QED) is 0.554. The van der Waals surface area contributed by atoms with Crippen LogP contribution < -0.4 is 10.1 Å². The SMILES string of the molecule is CSc1ccccc1C(=O)NCC#CCOc1ccc2cccnc2c1. The summed E-state index contributed by atoms with van der Waals surface area (Å²) in [5.41, 5.74) is 1.55. The smallest absolute Gasteiger partial charge is 0.253 e. The molecule has 0 aliphatic heterocycles. The van der Waals surface area contributed by atoms with Gasteiger partial charge >= 0.3 is 0 Å². The maximum atomic E-state index is 12.2. The number of ether oxygens (including phenoxy) is 1. The zero-order valence-electron chi connectivity index (χ0n) is 14.4. The van der Waals surface area contributed by atoms with E-state index in [1.807, 2.05) is 60.9 Å². The third-order valence-electron chi connectivity index (χ3n) is 3.70. The second kappa shape index (κ2) is 8.93. The summed E-state index contributed by atoms with van der Waals surface area (Å²) >= 11 is 1.55. The van der Waals surface area contributed by atoms with Crippen molar-refractivity contribution >= 4 is 28.6 Å². The molecule has 0 unspecified atom stereocenters. The van der Waals surface area contributed by atoms with Crippen molar-refractivity contribution in [3.63, 3.8) is 0 Å². The molecule has 1 amide bonds. The van der Waals surface area contributed by atoms with Gasteiger partial charge in [0.05, 0.1) is 17.6 Å². The number of rotatable bonds is 5. The highest BCUT2D eigenvalue weighted by molar-refractivity contribution is 7.98. The molecule has 0 aliphatic rings. The Morgan fingerprint density at radius 2 is 2.04 bits per heavy atom. The van der Waals surface area contributed by atoms with Gasteiger partial charge in [0.15, 0.2) is 0 Å². The second-order valence-electron chi connectivity index (χ2n) is 5.38. The van der Waals surface area contributed by atoms with Gasteiger partial charge < -0.3 is 10.1 Å². The monoisotopic (exact) mass is 362 g/mol. The average Bonchev–Trinajstić information content (AvgIpc) is 2.70. The van der Waals surface area contributed by atoms with E-state index in [2.05, 4.69) is 22.1 Å². The molecular weight excluding hydrogens is 344 g/mol. The third-order valence-corrected chi connectivity index (χ3v) is 4.50. The van der Waals surface area contributed by atoms with Gasteiger partial charge in [0.2, 0.25) is 0 Å². The Morgan fingerprint density at radius 1 is 1.15 bits per heavy atom. The van der Waals surface area contributed by atoms with E-state index >= 15 is 0 Å². The first-order valence-corrected chi connectivity index (χ1v) is 9.35. The molecule has 0 radical (unpaired) electrons. The maximum Gasteiger partial charge on any atom is 0.253 e. The Kier molecular flexibility index (Phi) is 6.13. The summed E-state index contributed by atoms with van der Waals surface area (Å²) in [4.78, 5) is 17.4. The normalized spacial score (nSPS) is 10.0.